The van der Waals surface area contributed by atoms with E-state index in [1.165, 1.54) is 18.3 Å². The summed E-state index contributed by atoms with van der Waals surface area (Å²) in [6, 6.07) is 2.87. The maximum absolute atomic E-state index is 14.1. The lowest BCUT2D eigenvalue weighted by atomic mass is 10.1. The fraction of sp³-hybridized carbons (Fsp3) is 0.538. The van der Waals surface area contributed by atoms with Gasteiger partial charge in [0.15, 0.2) is 6.17 Å². The Morgan fingerprint density at radius 1 is 1.32 bits per heavy atom. The van der Waals surface area contributed by atoms with Crippen LogP contribution >= 0.6 is 0 Å². The van der Waals surface area contributed by atoms with Crippen LogP contribution < -0.4 is 4.74 Å². The van der Waals surface area contributed by atoms with Crippen molar-refractivity contribution in [2.45, 2.75) is 32.4 Å². The van der Waals surface area contributed by atoms with Gasteiger partial charge >= 0.3 is 0 Å². The molecule has 2 heterocycles. The van der Waals surface area contributed by atoms with E-state index in [0.717, 1.165) is 6.33 Å². The highest BCUT2D eigenvalue weighted by Crippen LogP contribution is 2.28. The van der Waals surface area contributed by atoms with Gasteiger partial charge in [0.2, 0.25) is 6.30 Å². The molecule has 0 amide bonds. The third kappa shape index (κ3) is 3.94. The number of pyridine rings is 1. The van der Waals surface area contributed by atoms with Crippen molar-refractivity contribution in [3.63, 3.8) is 0 Å². The number of ether oxygens (including phenoxy) is 1. The zero-order valence-corrected chi connectivity index (χ0v) is 12.2. The highest BCUT2D eigenvalue weighted by Gasteiger charge is 2.32. The zero-order chi connectivity index (χ0) is 16.1. The largest absolute Gasteiger partial charge is 0.492 e. The van der Waals surface area contributed by atoms with E-state index in [9.17, 15) is 13.9 Å². The van der Waals surface area contributed by atoms with Crippen LogP contribution in [0, 0.1) is 5.92 Å². The molecule has 0 aliphatic rings. The maximum atomic E-state index is 14.1. The van der Waals surface area contributed by atoms with Crippen molar-refractivity contribution in [1.82, 2.24) is 25.2 Å². The lowest BCUT2D eigenvalue weighted by Crippen LogP contribution is -2.26. The van der Waals surface area contributed by atoms with Crippen LogP contribution in [0.15, 0.2) is 24.7 Å². The Kier molecular flexibility index (Phi) is 5.31. The molecule has 0 bridgehead atoms. The molecule has 0 aromatic carbocycles. The van der Waals surface area contributed by atoms with Crippen molar-refractivity contribution in [2.24, 2.45) is 5.92 Å². The van der Waals surface area contributed by atoms with Crippen LogP contribution in [0.5, 0.6) is 5.75 Å². The van der Waals surface area contributed by atoms with Crippen molar-refractivity contribution >= 4 is 0 Å². The van der Waals surface area contributed by atoms with Gasteiger partial charge in [-0.15, -0.1) is 5.10 Å². The van der Waals surface area contributed by atoms with Crippen LogP contribution in [0.2, 0.25) is 0 Å². The van der Waals surface area contributed by atoms with Crippen LogP contribution in [-0.2, 0) is 0 Å². The van der Waals surface area contributed by atoms with Gasteiger partial charge in [-0.1, -0.05) is 13.8 Å². The summed E-state index contributed by atoms with van der Waals surface area (Å²) < 4.78 is 34.1. The third-order valence-electron chi connectivity index (χ3n) is 2.82. The molecule has 0 aliphatic carbocycles. The molecule has 7 nitrogen and oxygen atoms in total. The van der Waals surface area contributed by atoms with E-state index in [-0.39, 0.29) is 5.69 Å². The predicted molar refractivity (Wildman–Crippen MR) is 72.4 cm³/mol. The van der Waals surface area contributed by atoms with E-state index in [0.29, 0.717) is 23.0 Å². The third-order valence-corrected chi connectivity index (χ3v) is 2.82. The van der Waals surface area contributed by atoms with E-state index in [4.69, 9.17) is 4.74 Å². The monoisotopic (exact) mass is 313 g/mol. The predicted octanol–water partition coefficient (Wildman–Crippen LogP) is 1.64. The van der Waals surface area contributed by atoms with Gasteiger partial charge < -0.3 is 9.84 Å². The minimum absolute atomic E-state index is 0.0971. The summed E-state index contributed by atoms with van der Waals surface area (Å²) in [6.45, 7) is 4.50. The van der Waals surface area contributed by atoms with Gasteiger partial charge in [-0.05, 0) is 28.5 Å². The van der Waals surface area contributed by atoms with E-state index < -0.39 is 18.6 Å². The Bertz CT molecular complexity index is 564. The second kappa shape index (κ2) is 7.21. The first-order chi connectivity index (χ1) is 10.5. The summed E-state index contributed by atoms with van der Waals surface area (Å²) in [4.78, 5) is 3.85. The Balaban J connectivity index is 2.01. The molecule has 120 valence electrons. The number of aliphatic hydroxyl groups is 1. The first-order valence-corrected chi connectivity index (χ1v) is 6.76. The number of aliphatic hydroxyl groups excluding tert-OH is 1. The number of rotatable bonds is 7. The Morgan fingerprint density at radius 3 is 2.64 bits per heavy atom. The molecule has 3 unspecified atom stereocenters. The summed E-state index contributed by atoms with van der Waals surface area (Å²) >= 11 is 0. The smallest absolute Gasteiger partial charge is 0.224 e. The molecule has 3 atom stereocenters. The summed E-state index contributed by atoms with van der Waals surface area (Å²) in [5, 5.41) is 19.5. The first-order valence-electron chi connectivity index (χ1n) is 6.76. The van der Waals surface area contributed by atoms with Crippen molar-refractivity contribution in [1.29, 1.82) is 0 Å². The van der Waals surface area contributed by atoms with Crippen LogP contribution in [-0.4, -0.2) is 43.0 Å². The number of aromatic nitrogens is 5. The lowest BCUT2D eigenvalue weighted by molar-refractivity contribution is -0.0295. The van der Waals surface area contributed by atoms with E-state index in [1.54, 1.807) is 0 Å². The Hall–Kier alpha value is -2.16. The minimum Gasteiger partial charge on any atom is -0.492 e. The first kappa shape index (κ1) is 16.2. The molecule has 2 rings (SSSR count). The summed E-state index contributed by atoms with van der Waals surface area (Å²) in [5.41, 5.74) is -0.0971. The van der Waals surface area contributed by atoms with Gasteiger partial charge in [0, 0.05) is 0 Å². The number of hydrogen-bond acceptors (Lipinski definition) is 6. The molecule has 0 fully saturated rings. The maximum Gasteiger partial charge on any atom is 0.224 e. The number of nitrogens with zero attached hydrogens (tertiary/aromatic N) is 5. The van der Waals surface area contributed by atoms with Crippen LogP contribution in [0.3, 0.4) is 0 Å². The molecule has 2 aromatic heterocycles. The molecule has 0 saturated heterocycles. The van der Waals surface area contributed by atoms with Crippen LogP contribution in [0.4, 0.5) is 8.78 Å². The fourth-order valence-electron chi connectivity index (χ4n) is 1.66. The minimum atomic E-state index is -2.11. The number of hydrogen-bond donors (Lipinski definition) is 1. The molecule has 0 radical (unpaired) electrons. The second-order valence-electron chi connectivity index (χ2n) is 5.18. The highest BCUT2D eigenvalue weighted by atomic mass is 19.1. The molecule has 1 N–H and O–H groups in total. The van der Waals surface area contributed by atoms with Crippen molar-refractivity contribution < 1.29 is 18.6 Å². The number of halogens is 2. The van der Waals surface area contributed by atoms with Crippen LogP contribution in [0.1, 0.15) is 32.0 Å². The normalized spacial score (nSPS) is 15.5. The van der Waals surface area contributed by atoms with E-state index in [1.807, 2.05) is 13.8 Å². The zero-order valence-electron chi connectivity index (χ0n) is 12.2. The molecule has 2 aromatic rings. The standard InChI is InChI=1S/C13H17F2N5O2/c1-8(2)6-22-9-3-4-10(16-5-9)11(14)12(21)13(15)20-7-17-18-19-20/h3-5,7-8,11-13,21H,6H2,1-2H3. The molecular formula is C13H17F2N5O2. The van der Waals surface area contributed by atoms with Gasteiger partial charge in [0.25, 0.3) is 0 Å². The van der Waals surface area contributed by atoms with Gasteiger partial charge in [-0.25, -0.2) is 8.78 Å². The Morgan fingerprint density at radius 2 is 2.09 bits per heavy atom. The quantitative estimate of drug-likeness (QED) is 0.836. The molecular weight excluding hydrogens is 296 g/mol. The molecule has 0 aliphatic heterocycles. The van der Waals surface area contributed by atoms with E-state index in [2.05, 4.69) is 20.5 Å². The number of alkyl halides is 2. The SMILES string of the molecule is CC(C)COc1ccc(C(F)C(O)C(F)n2cnnn2)nc1. The van der Waals surface area contributed by atoms with Crippen LogP contribution in [0.25, 0.3) is 0 Å². The topological polar surface area (TPSA) is 86.0 Å². The average Bonchev–Trinajstić information content (AvgIpc) is 3.05. The van der Waals surface area contributed by atoms with Crippen molar-refractivity contribution in [3.8, 4) is 5.75 Å². The van der Waals surface area contributed by atoms with E-state index >= 15 is 0 Å². The van der Waals surface area contributed by atoms with Gasteiger partial charge in [0.1, 0.15) is 18.2 Å². The van der Waals surface area contributed by atoms with Gasteiger partial charge in [-0.3, -0.25) is 4.98 Å². The summed E-state index contributed by atoms with van der Waals surface area (Å²) in [6.07, 6.45) is -3.81. The Labute approximate surface area is 125 Å². The average molecular weight is 313 g/mol. The molecule has 22 heavy (non-hydrogen) atoms. The molecule has 9 heteroatoms. The lowest BCUT2D eigenvalue weighted by Gasteiger charge is -2.18. The van der Waals surface area contributed by atoms with Crippen molar-refractivity contribution in [2.75, 3.05) is 6.61 Å². The summed E-state index contributed by atoms with van der Waals surface area (Å²) in [5.74, 6) is 0.829. The number of tetrazole rings is 1. The fourth-order valence-corrected chi connectivity index (χ4v) is 1.66. The second-order valence-corrected chi connectivity index (χ2v) is 5.18. The van der Waals surface area contributed by atoms with Gasteiger partial charge in [0.05, 0.1) is 18.5 Å². The summed E-state index contributed by atoms with van der Waals surface area (Å²) in [7, 11) is 0. The van der Waals surface area contributed by atoms with Gasteiger partial charge in [-0.2, -0.15) is 4.68 Å². The van der Waals surface area contributed by atoms with Crippen molar-refractivity contribution in [3.05, 3.63) is 30.4 Å². The highest BCUT2D eigenvalue weighted by molar-refractivity contribution is 5.21. The molecule has 0 saturated carbocycles. The molecule has 0 spiro atoms.